The van der Waals surface area contributed by atoms with Gasteiger partial charge in [-0.3, -0.25) is 4.79 Å². The first-order chi connectivity index (χ1) is 12.0. The summed E-state index contributed by atoms with van der Waals surface area (Å²) in [5.41, 5.74) is 9.64. The monoisotopic (exact) mass is 358 g/mol. The van der Waals surface area contributed by atoms with Gasteiger partial charge >= 0.3 is 5.97 Å². The maximum Gasteiger partial charge on any atom is 0.303 e. The molecular weight excluding hydrogens is 316 g/mol. The van der Waals surface area contributed by atoms with E-state index in [1.54, 1.807) is 0 Å². The van der Waals surface area contributed by atoms with Crippen LogP contribution in [0.2, 0.25) is 0 Å². The lowest BCUT2D eigenvalue weighted by Gasteiger charge is -1.99. The maximum absolute atomic E-state index is 10.3. The predicted molar refractivity (Wildman–Crippen MR) is 106 cm³/mol. The van der Waals surface area contributed by atoms with E-state index in [1.165, 1.54) is 70.6 Å². The summed E-state index contributed by atoms with van der Waals surface area (Å²) in [6.07, 6.45) is 20.7. The fraction of sp³-hybridized carbons (Fsp3) is 0.850. The van der Waals surface area contributed by atoms with Crippen LogP contribution in [-0.4, -0.2) is 29.0 Å². The Kier molecular flexibility index (Phi) is 24.3. The lowest BCUT2D eigenvalue weighted by Crippen LogP contribution is -2.33. The predicted octanol–water partition coefficient (Wildman–Crippen LogP) is 4.33. The van der Waals surface area contributed by atoms with Gasteiger partial charge in [-0.1, -0.05) is 70.4 Å². The first-order valence-electron chi connectivity index (χ1n) is 10.0. The highest BCUT2D eigenvalue weighted by molar-refractivity contribution is 5.66. The first kappa shape index (κ1) is 26.3. The fourth-order valence-electron chi connectivity index (χ4n) is 2.35. The van der Waals surface area contributed by atoms with Gasteiger partial charge in [0.05, 0.1) is 12.8 Å². The molecule has 25 heavy (non-hydrogen) atoms. The highest BCUT2D eigenvalue weighted by atomic mass is 16.4. The van der Waals surface area contributed by atoms with E-state index in [4.69, 9.17) is 21.7 Å². The van der Waals surface area contributed by atoms with Crippen LogP contribution in [0.3, 0.4) is 0 Å². The van der Waals surface area contributed by atoms with Crippen molar-refractivity contribution in [3.63, 3.8) is 0 Å². The number of carboxylic acid groups (broad SMARTS) is 1. The quantitative estimate of drug-likeness (QED) is 0.186. The Morgan fingerprint density at radius 1 is 0.840 bits per heavy atom. The number of hydrogen-bond acceptors (Lipinski definition) is 4. The Hall–Kier alpha value is -0.910. The van der Waals surface area contributed by atoms with Gasteiger partial charge in [-0.05, 0) is 32.1 Å². The van der Waals surface area contributed by atoms with Crippen molar-refractivity contribution in [2.75, 3.05) is 6.61 Å². The number of unbranched alkanes of at least 4 members (excludes halogenated alkanes) is 11. The molecule has 0 saturated carbocycles. The number of rotatable bonds is 16. The van der Waals surface area contributed by atoms with Crippen molar-refractivity contribution in [2.45, 2.75) is 103 Å². The zero-order chi connectivity index (χ0) is 19.2. The third-order valence-electron chi connectivity index (χ3n) is 3.86. The number of aliphatic hydroxyl groups excluding tert-OH is 1. The number of aliphatic hydroxyl groups is 1. The van der Waals surface area contributed by atoms with Crippen LogP contribution in [0.4, 0.5) is 0 Å². The molecule has 0 saturated heterocycles. The summed E-state index contributed by atoms with van der Waals surface area (Å²) < 4.78 is 0. The van der Waals surface area contributed by atoms with Crippen LogP contribution in [0.1, 0.15) is 96.8 Å². The van der Waals surface area contributed by atoms with Crippen molar-refractivity contribution in [3.05, 3.63) is 12.2 Å². The summed E-state index contributed by atoms with van der Waals surface area (Å²) in [7, 11) is 0. The molecule has 0 aromatic carbocycles. The highest BCUT2D eigenvalue weighted by Gasteiger charge is 1.95. The lowest BCUT2D eigenvalue weighted by molar-refractivity contribution is -0.137. The Balaban J connectivity index is 0. The van der Waals surface area contributed by atoms with E-state index >= 15 is 0 Å². The second-order valence-electron chi connectivity index (χ2n) is 6.57. The van der Waals surface area contributed by atoms with E-state index in [1.807, 2.05) is 0 Å². The average Bonchev–Trinajstić information content (AvgIpc) is 2.58. The maximum atomic E-state index is 10.3. The number of nitrogens with two attached hydrogens (primary N) is 2. The number of hydrogen-bond donors (Lipinski definition) is 4. The molecule has 150 valence electrons. The number of allylic oxidation sites excluding steroid dienone is 2. The summed E-state index contributed by atoms with van der Waals surface area (Å²) in [5, 5.41) is 16.4. The summed E-state index contributed by atoms with van der Waals surface area (Å²) in [5.74, 6) is -0.664. The SMILES string of the molecule is CCCCCCCC/C=C\CCCCCCCC(=O)O.NC(N)CO. The second-order valence-corrected chi connectivity index (χ2v) is 6.57. The number of carboxylic acids is 1. The zero-order valence-electron chi connectivity index (χ0n) is 16.3. The van der Waals surface area contributed by atoms with Gasteiger partial charge in [-0.15, -0.1) is 0 Å². The van der Waals surface area contributed by atoms with Gasteiger partial charge in [0, 0.05) is 6.42 Å². The lowest BCUT2D eigenvalue weighted by atomic mass is 10.1. The summed E-state index contributed by atoms with van der Waals surface area (Å²) in [6, 6.07) is 0. The van der Waals surface area contributed by atoms with Gasteiger partial charge in [0.15, 0.2) is 0 Å². The normalized spacial score (nSPS) is 10.9. The molecule has 5 nitrogen and oxygen atoms in total. The van der Waals surface area contributed by atoms with Gasteiger partial charge in [0.1, 0.15) is 0 Å². The smallest absolute Gasteiger partial charge is 0.303 e. The van der Waals surface area contributed by atoms with E-state index in [0.29, 0.717) is 6.42 Å². The van der Waals surface area contributed by atoms with Gasteiger partial charge in [0.25, 0.3) is 0 Å². The van der Waals surface area contributed by atoms with Crippen LogP contribution in [-0.2, 0) is 4.79 Å². The Labute approximate surface area is 154 Å². The molecule has 0 bridgehead atoms. The number of aliphatic carboxylic acids is 1. The van der Waals surface area contributed by atoms with Crippen LogP contribution in [0, 0.1) is 0 Å². The van der Waals surface area contributed by atoms with Crippen molar-refractivity contribution in [3.8, 4) is 0 Å². The summed E-state index contributed by atoms with van der Waals surface area (Å²) >= 11 is 0. The highest BCUT2D eigenvalue weighted by Crippen LogP contribution is 2.09. The minimum Gasteiger partial charge on any atom is -0.481 e. The van der Waals surface area contributed by atoms with Crippen LogP contribution < -0.4 is 11.5 Å². The number of carbonyl (C=O) groups is 1. The standard InChI is InChI=1S/C18H34O2.C2H8N2O/c1-2-3-4-5-6-7-8-9-10-11-12-13-14-15-16-17-18(19)20;3-2(4)1-5/h9-10H,2-8,11-17H2,1H3,(H,19,20);2,5H,1,3-4H2/b10-9-;. The van der Waals surface area contributed by atoms with E-state index in [0.717, 1.165) is 12.8 Å². The first-order valence-corrected chi connectivity index (χ1v) is 10.0. The molecule has 0 rings (SSSR count). The molecule has 0 aliphatic carbocycles. The minimum atomic E-state index is -0.664. The van der Waals surface area contributed by atoms with Gasteiger partial charge in [-0.25, -0.2) is 0 Å². The molecule has 0 radical (unpaired) electrons. The molecule has 0 amide bonds. The average molecular weight is 359 g/mol. The molecule has 0 atom stereocenters. The third kappa shape index (κ3) is 31.4. The molecule has 0 aliphatic heterocycles. The second kappa shape index (κ2) is 23.1. The van der Waals surface area contributed by atoms with E-state index in [9.17, 15) is 4.79 Å². The summed E-state index contributed by atoms with van der Waals surface area (Å²) in [6.45, 7) is 2.12. The van der Waals surface area contributed by atoms with Crippen molar-refractivity contribution in [2.24, 2.45) is 11.5 Å². The molecule has 0 fully saturated rings. The van der Waals surface area contributed by atoms with E-state index < -0.39 is 12.1 Å². The third-order valence-corrected chi connectivity index (χ3v) is 3.86. The zero-order valence-corrected chi connectivity index (χ0v) is 16.3. The fourth-order valence-corrected chi connectivity index (χ4v) is 2.35. The van der Waals surface area contributed by atoms with Crippen molar-refractivity contribution >= 4 is 5.97 Å². The molecule has 0 unspecified atom stereocenters. The Morgan fingerprint density at radius 3 is 1.64 bits per heavy atom. The molecule has 0 aromatic rings. The van der Waals surface area contributed by atoms with Gasteiger partial charge in [-0.2, -0.15) is 0 Å². The molecule has 0 spiro atoms. The van der Waals surface area contributed by atoms with Gasteiger partial charge < -0.3 is 21.7 Å². The molecular formula is C20H42N2O3. The molecule has 5 heteroatoms. The van der Waals surface area contributed by atoms with Crippen molar-refractivity contribution in [1.82, 2.24) is 0 Å². The molecule has 0 aliphatic rings. The molecule has 0 aromatic heterocycles. The largest absolute Gasteiger partial charge is 0.481 e. The van der Waals surface area contributed by atoms with Crippen LogP contribution >= 0.6 is 0 Å². The summed E-state index contributed by atoms with van der Waals surface area (Å²) in [4.78, 5) is 10.3. The van der Waals surface area contributed by atoms with Crippen molar-refractivity contribution in [1.29, 1.82) is 0 Å². The molecule has 0 heterocycles. The van der Waals surface area contributed by atoms with Crippen LogP contribution in [0.15, 0.2) is 12.2 Å². The Bertz CT molecular complexity index is 295. The minimum absolute atomic E-state index is 0.139. The van der Waals surface area contributed by atoms with Crippen LogP contribution in [0.25, 0.3) is 0 Å². The topological polar surface area (TPSA) is 110 Å². The van der Waals surface area contributed by atoms with Crippen LogP contribution in [0.5, 0.6) is 0 Å². The van der Waals surface area contributed by atoms with E-state index in [-0.39, 0.29) is 6.61 Å². The molecule has 6 N–H and O–H groups in total. The van der Waals surface area contributed by atoms with Gasteiger partial charge in [0.2, 0.25) is 0 Å². The Morgan fingerprint density at radius 2 is 1.24 bits per heavy atom. The van der Waals surface area contributed by atoms with Crippen molar-refractivity contribution < 1.29 is 15.0 Å². The van der Waals surface area contributed by atoms with E-state index in [2.05, 4.69) is 19.1 Å².